The zero-order valence-electron chi connectivity index (χ0n) is 11.1. The maximum atomic E-state index is 10.0. The molecule has 1 atom stereocenters. The van der Waals surface area contributed by atoms with Crippen LogP contribution in [0.1, 0.15) is 37.7 Å². The minimum absolute atomic E-state index is 0.197. The third kappa shape index (κ3) is 4.08. The number of rotatable bonds is 7. The average Bonchev–Trinajstić information content (AvgIpc) is 2.38. The number of ether oxygens (including phenoxy) is 1. The first-order chi connectivity index (χ1) is 8.70. The van der Waals surface area contributed by atoms with E-state index >= 15 is 0 Å². The van der Waals surface area contributed by atoms with E-state index in [1.807, 2.05) is 18.2 Å². The summed E-state index contributed by atoms with van der Waals surface area (Å²) in [6.45, 7) is 2.29. The van der Waals surface area contributed by atoms with Gasteiger partial charge in [0.05, 0.1) is 7.11 Å². The van der Waals surface area contributed by atoms with Gasteiger partial charge >= 0.3 is 0 Å². The van der Waals surface area contributed by atoms with E-state index in [9.17, 15) is 5.11 Å². The van der Waals surface area contributed by atoms with Crippen molar-refractivity contribution in [2.24, 2.45) is 0 Å². The molecule has 0 saturated carbocycles. The Balaban J connectivity index is 2.58. The molecule has 0 heterocycles. The molecule has 1 aromatic rings. The van der Waals surface area contributed by atoms with Crippen molar-refractivity contribution < 1.29 is 14.9 Å². The fraction of sp³-hybridized carbons (Fsp3) is 0.467. The summed E-state index contributed by atoms with van der Waals surface area (Å²) in [6, 6.07) is 5.58. The highest BCUT2D eigenvalue weighted by Gasteiger charge is 2.12. The number of methoxy groups -OCH3 is 1. The van der Waals surface area contributed by atoms with Gasteiger partial charge in [0.2, 0.25) is 0 Å². The van der Waals surface area contributed by atoms with Gasteiger partial charge in [-0.05, 0) is 31.2 Å². The molecule has 3 heteroatoms. The number of aliphatic hydroxyl groups excluding tert-OH is 1. The summed E-state index contributed by atoms with van der Waals surface area (Å²) >= 11 is 0. The molecular formula is C15H22O3. The molecule has 18 heavy (non-hydrogen) atoms. The summed E-state index contributed by atoms with van der Waals surface area (Å²) < 4.78 is 5.10. The molecule has 2 N–H and O–H groups in total. The van der Waals surface area contributed by atoms with Crippen molar-refractivity contribution in [1.82, 2.24) is 0 Å². The summed E-state index contributed by atoms with van der Waals surface area (Å²) in [5, 5.41) is 18.7. The number of hydrogen-bond acceptors (Lipinski definition) is 3. The van der Waals surface area contributed by atoms with E-state index in [-0.39, 0.29) is 18.3 Å². The van der Waals surface area contributed by atoms with Crippen molar-refractivity contribution in [2.75, 3.05) is 13.7 Å². The lowest BCUT2D eigenvalue weighted by Gasteiger charge is -2.14. The molecule has 0 aliphatic rings. The van der Waals surface area contributed by atoms with Gasteiger partial charge in [-0.3, -0.25) is 0 Å². The van der Waals surface area contributed by atoms with Crippen LogP contribution in [0.2, 0.25) is 0 Å². The Hall–Kier alpha value is -1.48. The largest absolute Gasteiger partial charge is 0.504 e. The van der Waals surface area contributed by atoms with E-state index < -0.39 is 0 Å². The summed E-state index contributed by atoms with van der Waals surface area (Å²) in [4.78, 5) is 0. The van der Waals surface area contributed by atoms with Gasteiger partial charge in [0.25, 0.3) is 0 Å². The quantitative estimate of drug-likeness (QED) is 0.730. The predicted octanol–water partition coefficient (Wildman–Crippen LogP) is 3.22. The molecule has 0 saturated heterocycles. The Kier molecular flexibility index (Phi) is 6.29. The fourth-order valence-corrected chi connectivity index (χ4v) is 1.91. The minimum atomic E-state index is 0.197. The third-order valence-corrected chi connectivity index (χ3v) is 3.01. The number of aromatic hydroxyl groups is 1. The monoisotopic (exact) mass is 250 g/mol. The molecule has 0 spiro atoms. The third-order valence-electron chi connectivity index (χ3n) is 3.01. The molecule has 0 aliphatic carbocycles. The van der Waals surface area contributed by atoms with Gasteiger partial charge < -0.3 is 14.9 Å². The molecule has 0 radical (unpaired) electrons. The van der Waals surface area contributed by atoms with Crippen molar-refractivity contribution in [2.45, 2.75) is 32.1 Å². The highest BCUT2D eigenvalue weighted by Crippen LogP contribution is 2.35. The highest BCUT2D eigenvalue weighted by molar-refractivity contribution is 5.46. The summed E-state index contributed by atoms with van der Waals surface area (Å²) in [6.07, 6.45) is 6.67. The van der Waals surface area contributed by atoms with Gasteiger partial charge in [-0.1, -0.05) is 31.2 Å². The van der Waals surface area contributed by atoms with Crippen LogP contribution in [0, 0.1) is 0 Å². The predicted molar refractivity (Wildman–Crippen MR) is 73.2 cm³/mol. The number of phenols is 1. The second kappa shape index (κ2) is 7.77. The number of hydrogen-bond donors (Lipinski definition) is 2. The molecule has 100 valence electrons. The molecule has 3 nitrogen and oxygen atoms in total. The first kappa shape index (κ1) is 14.6. The minimum Gasteiger partial charge on any atom is -0.504 e. The number of aliphatic hydroxyl groups is 1. The Labute approximate surface area is 109 Å². The maximum absolute atomic E-state index is 10.0. The Morgan fingerprint density at radius 1 is 1.28 bits per heavy atom. The van der Waals surface area contributed by atoms with Crippen LogP contribution in [-0.4, -0.2) is 23.9 Å². The maximum Gasteiger partial charge on any atom is 0.161 e. The first-order valence-electron chi connectivity index (χ1n) is 6.32. The van der Waals surface area contributed by atoms with Gasteiger partial charge in [-0.25, -0.2) is 0 Å². The van der Waals surface area contributed by atoms with E-state index in [1.165, 1.54) is 0 Å². The van der Waals surface area contributed by atoms with Crippen LogP contribution in [0.25, 0.3) is 0 Å². The van der Waals surface area contributed by atoms with E-state index in [2.05, 4.69) is 13.0 Å². The van der Waals surface area contributed by atoms with Crippen molar-refractivity contribution in [1.29, 1.82) is 0 Å². The summed E-state index contributed by atoms with van der Waals surface area (Å²) in [7, 11) is 1.56. The van der Waals surface area contributed by atoms with Gasteiger partial charge in [0.15, 0.2) is 11.5 Å². The second-order valence-electron chi connectivity index (χ2n) is 4.36. The lowest BCUT2D eigenvalue weighted by Crippen LogP contribution is -1.95. The Morgan fingerprint density at radius 2 is 2.00 bits per heavy atom. The lowest BCUT2D eigenvalue weighted by atomic mass is 9.95. The molecule has 1 rings (SSSR count). The van der Waals surface area contributed by atoms with E-state index in [4.69, 9.17) is 9.84 Å². The zero-order chi connectivity index (χ0) is 13.4. The molecule has 1 aromatic carbocycles. The highest BCUT2D eigenvalue weighted by atomic mass is 16.5. The molecule has 0 bridgehead atoms. The fourth-order valence-electron chi connectivity index (χ4n) is 1.91. The second-order valence-corrected chi connectivity index (χ2v) is 4.36. The van der Waals surface area contributed by atoms with Crippen LogP contribution in [0.4, 0.5) is 0 Å². The number of phenolic OH excluding ortho intramolecular Hbond substituents is 1. The van der Waals surface area contributed by atoms with E-state index in [0.717, 1.165) is 18.4 Å². The molecule has 1 unspecified atom stereocenters. The van der Waals surface area contributed by atoms with Crippen molar-refractivity contribution in [3.05, 3.63) is 35.9 Å². The smallest absolute Gasteiger partial charge is 0.161 e. The topological polar surface area (TPSA) is 49.7 Å². The van der Waals surface area contributed by atoms with Crippen LogP contribution in [0.5, 0.6) is 11.5 Å². The van der Waals surface area contributed by atoms with Gasteiger partial charge in [0, 0.05) is 12.2 Å². The van der Waals surface area contributed by atoms with Gasteiger partial charge in [0.1, 0.15) is 0 Å². The van der Waals surface area contributed by atoms with Crippen LogP contribution < -0.4 is 4.74 Å². The zero-order valence-corrected chi connectivity index (χ0v) is 11.1. The van der Waals surface area contributed by atoms with Crippen LogP contribution in [0.15, 0.2) is 30.4 Å². The molecule has 0 amide bonds. The number of allylic oxidation sites excluding steroid dienone is 1. The molecular weight excluding hydrogens is 228 g/mol. The first-order valence-corrected chi connectivity index (χ1v) is 6.32. The van der Waals surface area contributed by atoms with Gasteiger partial charge in [-0.2, -0.15) is 0 Å². The van der Waals surface area contributed by atoms with Crippen LogP contribution in [-0.2, 0) is 0 Å². The summed E-state index contributed by atoms with van der Waals surface area (Å²) in [5.41, 5.74) is 0.921. The lowest BCUT2D eigenvalue weighted by molar-refractivity contribution is 0.302. The van der Waals surface area contributed by atoms with Crippen LogP contribution >= 0.6 is 0 Å². The Bertz CT molecular complexity index is 385. The molecule has 0 aliphatic heterocycles. The number of para-hydroxylation sites is 1. The Morgan fingerprint density at radius 3 is 2.67 bits per heavy atom. The van der Waals surface area contributed by atoms with Gasteiger partial charge in [-0.15, -0.1) is 0 Å². The van der Waals surface area contributed by atoms with Crippen molar-refractivity contribution in [3.8, 4) is 11.5 Å². The SMILES string of the molecule is COc1cccc(C(C)CC/C=C\CCO)c1O. The van der Waals surface area contributed by atoms with E-state index in [1.54, 1.807) is 13.2 Å². The van der Waals surface area contributed by atoms with Crippen molar-refractivity contribution >= 4 is 0 Å². The van der Waals surface area contributed by atoms with Crippen LogP contribution in [0.3, 0.4) is 0 Å². The molecule has 0 aromatic heterocycles. The standard InChI is InChI=1S/C15H22O3/c1-12(8-5-3-4-6-11-16)13-9-7-10-14(18-2)15(13)17/h3-4,7,9-10,12,16-17H,5-6,8,11H2,1-2H3/b4-3-. The molecule has 0 fully saturated rings. The van der Waals surface area contributed by atoms with Crippen molar-refractivity contribution in [3.63, 3.8) is 0 Å². The number of benzene rings is 1. The average molecular weight is 250 g/mol. The normalized spacial score (nSPS) is 12.8. The van der Waals surface area contributed by atoms with E-state index in [0.29, 0.717) is 12.2 Å². The summed E-state index contributed by atoms with van der Waals surface area (Å²) in [5.74, 6) is 1.04.